The van der Waals surface area contributed by atoms with Crippen LogP contribution in [0.5, 0.6) is 0 Å². The van der Waals surface area contributed by atoms with Crippen LogP contribution in [0.4, 0.5) is 0 Å². The van der Waals surface area contributed by atoms with Crippen molar-refractivity contribution >= 4 is 21.5 Å². The van der Waals surface area contributed by atoms with Gasteiger partial charge in [0.25, 0.3) is 0 Å². The highest BCUT2D eigenvalue weighted by molar-refractivity contribution is 6.08. The lowest BCUT2D eigenvalue weighted by atomic mass is 9.95. The number of pyridine rings is 1. The summed E-state index contributed by atoms with van der Waals surface area (Å²) >= 11 is 0. The molecule has 3 aromatic carbocycles. The molecule has 0 spiro atoms. The summed E-state index contributed by atoms with van der Waals surface area (Å²) in [5.74, 6) is 0. The van der Waals surface area contributed by atoms with E-state index in [1.54, 1.807) is 0 Å². The molecule has 1 aromatic heterocycles. The number of aromatic nitrogens is 1. The number of benzene rings is 3. The fourth-order valence-electron chi connectivity index (χ4n) is 3.47. The second kappa shape index (κ2) is 5.20. The topological polar surface area (TPSA) is 3.88 Å². The Morgan fingerprint density at radius 1 is 0.739 bits per heavy atom. The van der Waals surface area contributed by atoms with E-state index in [0.29, 0.717) is 0 Å². The molecular formula is C22H20N+. The first-order valence-electron chi connectivity index (χ1n) is 8.02. The molecule has 1 heteroatoms. The van der Waals surface area contributed by atoms with Crippen LogP contribution in [0.25, 0.3) is 32.8 Å². The van der Waals surface area contributed by atoms with E-state index >= 15 is 0 Å². The van der Waals surface area contributed by atoms with Crippen LogP contribution in [0, 0.1) is 13.8 Å². The van der Waals surface area contributed by atoms with Gasteiger partial charge in [-0.3, -0.25) is 0 Å². The van der Waals surface area contributed by atoms with Crippen LogP contribution < -0.4 is 4.57 Å². The highest BCUT2D eigenvalue weighted by atomic mass is 14.9. The Morgan fingerprint density at radius 2 is 1.52 bits per heavy atom. The molecule has 0 fully saturated rings. The number of hydrogen-bond donors (Lipinski definition) is 0. The van der Waals surface area contributed by atoms with E-state index in [2.05, 4.69) is 92.3 Å². The van der Waals surface area contributed by atoms with E-state index in [1.165, 1.54) is 43.9 Å². The van der Waals surface area contributed by atoms with Crippen molar-refractivity contribution in [2.24, 2.45) is 7.05 Å². The average molecular weight is 298 g/mol. The Labute approximate surface area is 136 Å². The van der Waals surface area contributed by atoms with Crippen LogP contribution in [-0.2, 0) is 7.05 Å². The van der Waals surface area contributed by atoms with Crippen molar-refractivity contribution in [1.82, 2.24) is 0 Å². The van der Waals surface area contributed by atoms with E-state index in [9.17, 15) is 0 Å². The van der Waals surface area contributed by atoms with Gasteiger partial charge in [0.2, 0.25) is 5.69 Å². The molecule has 4 aromatic rings. The lowest BCUT2D eigenvalue weighted by Crippen LogP contribution is -2.31. The molecule has 0 radical (unpaired) electrons. The van der Waals surface area contributed by atoms with Crippen molar-refractivity contribution in [2.45, 2.75) is 13.8 Å². The summed E-state index contributed by atoms with van der Waals surface area (Å²) in [6.07, 6.45) is 2.18. The quantitative estimate of drug-likeness (QED) is 0.340. The van der Waals surface area contributed by atoms with Crippen LogP contribution in [0.15, 0.2) is 66.9 Å². The molecule has 23 heavy (non-hydrogen) atoms. The van der Waals surface area contributed by atoms with Gasteiger partial charge in [-0.1, -0.05) is 42.5 Å². The van der Waals surface area contributed by atoms with Crippen LogP contribution in [0.3, 0.4) is 0 Å². The summed E-state index contributed by atoms with van der Waals surface area (Å²) in [6, 6.07) is 22.1. The van der Waals surface area contributed by atoms with Crippen molar-refractivity contribution < 1.29 is 4.57 Å². The maximum Gasteiger partial charge on any atom is 0.212 e. The first kappa shape index (κ1) is 14.0. The Hall–Kier alpha value is -2.67. The summed E-state index contributed by atoms with van der Waals surface area (Å²) in [7, 11) is 2.12. The Kier molecular flexibility index (Phi) is 3.16. The van der Waals surface area contributed by atoms with Crippen LogP contribution in [-0.4, -0.2) is 0 Å². The van der Waals surface area contributed by atoms with Crippen molar-refractivity contribution in [3.05, 3.63) is 78.0 Å². The summed E-state index contributed by atoms with van der Waals surface area (Å²) < 4.78 is 2.22. The minimum atomic E-state index is 1.25. The van der Waals surface area contributed by atoms with E-state index < -0.39 is 0 Å². The minimum absolute atomic E-state index is 1.25. The molecule has 1 heterocycles. The lowest BCUT2D eigenvalue weighted by Gasteiger charge is -2.10. The standard InChI is InChI=1S/C22H20N/c1-15-8-11-22(23(3)14-15)20-13-21-18(12-16(20)2)10-9-17-6-4-5-7-19(17)21/h4-14H,1-3H3/q+1. The third-order valence-electron chi connectivity index (χ3n) is 4.65. The van der Waals surface area contributed by atoms with Gasteiger partial charge in [-0.15, -0.1) is 0 Å². The van der Waals surface area contributed by atoms with Crippen molar-refractivity contribution in [3.63, 3.8) is 0 Å². The Morgan fingerprint density at radius 3 is 2.35 bits per heavy atom. The fourth-order valence-corrected chi connectivity index (χ4v) is 3.47. The molecule has 112 valence electrons. The highest BCUT2D eigenvalue weighted by Gasteiger charge is 2.14. The third kappa shape index (κ3) is 2.29. The summed E-state index contributed by atoms with van der Waals surface area (Å²) in [6.45, 7) is 4.33. The van der Waals surface area contributed by atoms with Crippen molar-refractivity contribution in [3.8, 4) is 11.3 Å². The number of rotatable bonds is 1. The maximum absolute atomic E-state index is 2.34. The molecule has 0 aliphatic carbocycles. The molecule has 0 aliphatic rings. The molecule has 0 saturated carbocycles. The molecule has 0 bridgehead atoms. The minimum Gasteiger partial charge on any atom is -0.201 e. The molecule has 1 nitrogen and oxygen atoms in total. The molecule has 0 N–H and O–H groups in total. The predicted molar refractivity (Wildman–Crippen MR) is 97.5 cm³/mol. The summed E-state index contributed by atoms with van der Waals surface area (Å²) in [4.78, 5) is 0. The Balaban J connectivity index is 2.07. The van der Waals surface area contributed by atoms with Gasteiger partial charge >= 0.3 is 0 Å². The largest absolute Gasteiger partial charge is 0.212 e. The second-order valence-corrected chi connectivity index (χ2v) is 6.38. The lowest BCUT2D eigenvalue weighted by molar-refractivity contribution is -0.660. The van der Waals surface area contributed by atoms with Gasteiger partial charge < -0.3 is 0 Å². The summed E-state index contributed by atoms with van der Waals surface area (Å²) in [5.41, 5.74) is 5.15. The van der Waals surface area contributed by atoms with E-state index in [0.717, 1.165) is 0 Å². The zero-order valence-electron chi connectivity index (χ0n) is 13.8. The molecule has 0 unspecified atom stereocenters. The molecule has 0 aliphatic heterocycles. The third-order valence-corrected chi connectivity index (χ3v) is 4.65. The smallest absolute Gasteiger partial charge is 0.201 e. The molecule has 0 atom stereocenters. The van der Waals surface area contributed by atoms with Gasteiger partial charge in [-0.25, -0.2) is 4.57 Å². The number of aryl methyl sites for hydroxylation is 3. The van der Waals surface area contributed by atoms with Crippen LogP contribution in [0.1, 0.15) is 11.1 Å². The van der Waals surface area contributed by atoms with E-state index in [4.69, 9.17) is 0 Å². The van der Waals surface area contributed by atoms with E-state index in [-0.39, 0.29) is 0 Å². The number of fused-ring (bicyclic) bond motifs is 3. The molecular weight excluding hydrogens is 278 g/mol. The zero-order chi connectivity index (χ0) is 16.0. The van der Waals surface area contributed by atoms with Gasteiger partial charge in [0.05, 0.1) is 0 Å². The second-order valence-electron chi connectivity index (χ2n) is 6.38. The maximum atomic E-state index is 2.34. The van der Waals surface area contributed by atoms with Crippen LogP contribution >= 0.6 is 0 Å². The number of hydrogen-bond acceptors (Lipinski definition) is 0. The van der Waals surface area contributed by atoms with Gasteiger partial charge in [-0.2, -0.15) is 0 Å². The Bertz CT molecular complexity index is 1040. The first-order chi connectivity index (χ1) is 11.1. The van der Waals surface area contributed by atoms with Crippen LogP contribution in [0.2, 0.25) is 0 Å². The predicted octanol–water partition coefficient (Wildman–Crippen LogP) is 5.10. The van der Waals surface area contributed by atoms with E-state index in [1.807, 2.05) is 0 Å². The molecule has 0 saturated heterocycles. The monoisotopic (exact) mass is 298 g/mol. The molecule has 0 amide bonds. The number of nitrogens with zero attached hydrogens (tertiary/aromatic N) is 1. The fraction of sp³-hybridized carbons (Fsp3) is 0.136. The normalized spacial score (nSPS) is 11.3. The molecule has 4 rings (SSSR count). The van der Waals surface area contributed by atoms with Gasteiger partial charge in [0.1, 0.15) is 7.05 Å². The van der Waals surface area contributed by atoms with Gasteiger partial charge in [0, 0.05) is 17.2 Å². The van der Waals surface area contributed by atoms with Gasteiger partial charge in [0.15, 0.2) is 6.20 Å². The van der Waals surface area contributed by atoms with Crippen molar-refractivity contribution in [1.29, 1.82) is 0 Å². The van der Waals surface area contributed by atoms with Crippen molar-refractivity contribution in [2.75, 3.05) is 0 Å². The SMILES string of the molecule is Cc1ccc(-c2cc3c(ccc4ccccc43)cc2C)[n+](C)c1. The summed E-state index contributed by atoms with van der Waals surface area (Å²) in [5, 5.41) is 5.24. The van der Waals surface area contributed by atoms with Gasteiger partial charge in [-0.05, 0) is 53.1 Å². The first-order valence-corrected chi connectivity index (χ1v) is 8.02. The zero-order valence-corrected chi connectivity index (χ0v) is 13.8. The average Bonchev–Trinajstić information content (AvgIpc) is 2.54. The highest BCUT2D eigenvalue weighted by Crippen LogP contribution is 2.31.